The lowest BCUT2D eigenvalue weighted by molar-refractivity contribution is 0.0780. The molecule has 1 aromatic heterocycles. The molecule has 0 aliphatic rings. The molecule has 0 radical (unpaired) electrons. The third-order valence-electron chi connectivity index (χ3n) is 3.66. The predicted molar refractivity (Wildman–Crippen MR) is 99.5 cm³/mol. The van der Waals surface area contributed by atoms with E-state index < -0.39 is 0 Å². The molecule has 3 aromatic rings. The highest BCUT2D eigenvalue weighted by Crippen LogP contribution is 2.25. The van der Waals surface area contributed by atoms with E-state index in [4.69, 9.17) is 16.9 Å². The molecule has 3 rings (SSSR count). The number of halogens is 1. The van der Waals surface area contributed by atoms with Gasteiger partial charge in [-0.1, -0.05) is 35.9 Å². The topological polar surface area (TPSA) is 57.0 Å². The van der Waals surface area contributed by atoms with Gasteiger partial charge < -0.3 is 4.90 Å². The van der Waals surface area contributed by atoms with Gasteiger partial charge in [-0.05, 0) is 29.8 Å². The fourth-order valence-electron chi connectivity index (χ4n) is 2.32. The molecule has 124 valence electrons. The minimum Gasteiger partial charge on any atom is -0.336 e. The van der Waals surface area contributed by atoms with Gasteiger partial charge >= 0.3 is 0 Å². The van der Waals surface area contributed by atoms with Crippen molar-refractivity contribution in [3.8, 4) is 16.6 Å². The fourth-order valence-corrected chi connectivity index (χ4v) is 3.25. The number of hydrogen-bond acceptors (Lipinski definition) is 4. The van der Waals surface area contributed by atoms with Crippen molar-refractivity contribution in [3.05, 3.63) is 75.8 Å². The molecule has 1 amide bonds. The minimum absolute atomic E-state index is 0.138. The van der Waals surface area contributed by atoms with Gasteiger partial charge in [-0.3, -0.25) is 4.79 Å². The maximum Gasteiger partial charge on any atom is 0.273 e. The first-order chi connectivity index (χ1) is 12.1. The van der Waals surface area contributed by atoms with Crippen molar-refractivity contribution >= 4 is 28.8 Å². The molecule has 4 nitrogen and oxygen atoms in total. The van der Waals surface area contributed by atoms with Crippen LogP contribution in [0.5, 0.6) is 0 Å². The van der Waals surface area contributed by atoms with Gasteiger partial charge in [0.2, 0.25) is 0 Å². The van der Waals surface area contributed by atoms with Crippen molar-refractivity contribution in [1.29, 1.82) is 5.26 Å². The summed E-state index contributed by atoms with van der Waals surface area (Å²) in [5.74, 6) is -0.138. The smallest absolute Gasteiger partial charge is 0.273 e. The molecular formula is C19H14ClN3OS. The molecule has 25 heavy (non-hydrogen) atoms. The molecule has 0 N–H and O–H groups in total. The SMILES string of the molecule is CN(Cc1ccc(C#N)cc1)C(=O)c1csc(-c2ccc(Cl)cc2)n1. The van der Waals surface area contributed by atoms with Gasteiger partial charge in [0.15, 0.2) is 0 Å². The summed E-state index contributed by atoms with van der Waals surface area (Å²) in [7, 11) is 1.74. The Labute approximate surface area is 154 Å². The van der Waals surface area contributed by atoms with E-state index in [1.807, 2.05) is 24.3 Å². The Bertz CT molecular complexity index is 927. The quantitative estimate of drug-likeness (QED) is 0.676. The Morgan fingerprint density at radius 2 is 1.88 bits per heavy atom. The molecule has 6 heteroatoms. The van der Waals surface area contributed by atoms with E-state index in [-0.39, 0.29) is 5.91 Å². The summed E-state index contributed by atoms with van der Waals surface area (Å²) >= 11 is 7.32. The van der Waals surface area contributed by atoms with Crippen molar-refractivity contribution in [2.45, 2.75) is 6.54 Å². The van der Waals surface area contributed by atoms with E-state index in [1.165, 1.54) is 11.3 Å². The zero-order valence-corrected chi connectivity index (χ0v) is 15.0. The Balaban J connectivity index is 1.72. The highest BCUT2D eigenvalue weighted by atomic mass is 35.5. The molecular weight excluding hydrogens is 354 g/mol. The van der Waals surface area contributed by atoms with Crippen molar-refractivity contribution < 1.29 is 4.79 Å². The van der Waals surface area contributed by atoms with Crippen molar-refractivity contribution in [3.63, 3.8) is 0 Å². The zero-order valence-electron chi connectivity index (χ0n) is 13.4. The number of benzene rings is 2. The lowest BCUT2D eigenvalue weighted by Crippen LogP contribution is -2.26. The molecule has 2 aromatic carbocycles. The van der Waals surface area contributed by atoms with Crippen LogP contribution >= 0.6 is 22.9 Å². The maximum atomic E-state index is 12.6. The second-order valence-electron chi connectivity index (χ2n) is 5.51. The van der Waals surface area contributed by atoms with Crippen LogP contribution in [0.25, 0.3) is 10.6 Å². The van der Waals surface area contributed by atoms with Gasteiger partial charge in [-0.25, -0.2) is 4.98 Å². The Kier molecular flexibility index (Phi) is 5.13. The van der Waals surface area contributed by atoms with Crippen LogP contribution in [-0.4, -0.2) is 22.8 Å². The molecule has 0 spiro atoms. The predicted octanol–water partition coefficient (Wildman–Crippen LogP) is 4.61. The molecule has 0 bridgehead atoms. The van der Waals surface area contributed by atoms with Crippen LogP contribution in [0.3, 0.4) is 0 Å². The molecule has 0 atom stereocenters. The van der Waals surface area contributed by atoms with Crippen LogP contribution in [0.2, 0.25) is 5.02 Å². The number of rotatable bonds is 4. The molecule has 0 aliphatic carbocycles. The van der Waals surface area contributed by atoms with E-state index in [2.05, 4.69) is 11.1 Å². The number of carbonyl (C=O) groups excluding carboxylic acids is 1. The van der Waals surface area contributed by atoms with Crippen LogP contribution in [0.1, 0.15) is 21.6 Å². The van der Waals surface area contributed by atoms with Gasteiger partial charge in [0.25, 0.3) is 5.91 Å². The molecule has 0 unspecified atom stereocenters. The van der Waals surface area contributed by atoms with Gasteiger partial charge in [0.05, 0.1) is 11.6 Å². The number of amides is 1. The van der Waals surface area contributed by atoms with Gasteiger partial charge in [0, 0.05) is 29.6 Å². The summed E-state index contributed by atoms with van der Waals surface area (Å²) in [5.41, 5.74) is 2.92. The average Bonchev–Trinajstić information content (AvgIpc) is 3.12. The number of hydrogen-bond donors (Lipinski definition) is 0. The van der Waals surface area contributed by atoms with Gasteiger partial charge in [-0.2, -0.15) is 5.26 Å². The van der Waals surface area contributed by atoms with E-state index in [0.29, 0.717) is 22.8 Å². The van der Waals surface area contributed by atoms with Crippen molar-refractivity contribution in [2.24, 2.45) is 0 Å². The molecule has 0 saturated carbocycles. The van der Waals surface area contributed by atoms with E-state index in [9.17, 15) is 4.79 Å². The summed E-state index contributed by atoms with van der Waals surface area (Å²) in [4.78, 5) is 18.6. The zero-order chi connectivity index (χ0) is 17.8. The van der Waals surface area contributed by atoms with E-state index >= 15 is 0 Å². The molecule has 0 aliphatic heterocycles. The maximum absolute atomic E-state index is 12.6. The largest absolute Gasteiger partial charge is 0.336 e. The van der Waals surface area contributed by atoms with Crippen LogP contribution in [0, 0.1) is 11.3 Å². The van der Waals surface area contributed by atoms with Crippen molar-refractivity contribution in [2.75, 3.05) is 7.05 Å². The van der Waals surface area contributed by atoms with Gasteiger partial charge in [-0.15, -0.1) is 11.3 Å². The van der Waals surface area contributed by atoms with Crippen LogP contribution in [0.15, 0.2) is 53.9 Å². The van der Waals surface area contributed by atoms with Gasteiger partial charge in [0.1, 0.15) is 10.7 Å². The summed E-state index contributed by atoms with van der Waals surface area (Å²) < 4.78 is 0. The number of carbonyl (C=O) groups is 1. The monoisotopic (exact) mass is 367 g/mol. The molecule has 0 saturated heterocycles. The summed E-state index contributed by atoms with van der Waals surface area (Å²) in [6.07, 6.45) is 0. The second-order valence-corrected chi connectivity index (χ2v) is 6.81. The van der Waals surface area contributed by atoms with Crippen molar-refractivity contribution in [1.82, 2.24) is 9.88 Å². The third kappa shape index (κ3) is 4.05. The number of aromatic nitrogens is 1. The fraction of sp³-hybridized carbons (Fsp3) is 0.105. The summed E-state index contributed by atoms with van der Waals surface area (Å²) in [6, 6.07) is 16.6. The highest BCUT2D eigenvalue weighted by molar-refractivity contribution is 7.13. The number of nitriles is 1. The lowest BCUT2D eigenvalue weighted by Gasteiger charge is -2.16. The Hall–Kier alpha value is -2.68. The first-order valence-corrected chi connectivity index (χ1v) is 8.78. The number of nitrogens with zero attached hydrogens (tertiary/aromatic N) is 3. The highest BCUT2D eigenvalue weighted by Gasteiger charge is 2.16. The normalized spacial score (nSPS) is 10.3. The molecule has 1 heterocycles. The van der Waals surface area contributed by atoms with E-state index in [1.54, 1.807) is 41.6 Å². The second kappa shape index (κ2) is 7.47. The molecule has 0 fully saturated rings. The standard InChI is InChI=1S/C19H14ClN3OS/c1-23(11-14-4-2-13(10-21)3-5-14)19(24)17-12-25-18(22-17)15-6-8-16(20)9-7-15/h2-9,12H,11H2,1H3. The van der Waals surface area contributed by atoms with E-state index in [0.717, 1.165) is 16.1 Å². The average molecular weight is 368 g/mol. The first-order valence-electron chi connectivity index (χ1n) is 7.53. The third-order valence-corrected chi connectivity index (χ3v) is 4.81. The summed E-state index contributed by atoms with van der Waals surface area (Å²) in [5, 5.41) is 12.0. The Morgan fingerprint density at radius 1 is 1.20 bits per heavy atom. The first kappa shape index (κ1) is 17.2. The van der Waals surface area contributed by atoms with Crippen LogP contribution in [0.4, 0.5) is 0 Å². The lowest BCUT2D eigenvalue weighted by atomic mass is 10.1. The van der Waals surface area contributed by atoms with Crippen LogP contribution in [-0.2, 0) is 6.54 Å². The van der Waals surface area contributed by atoms with Crippen LogP contribution < -0.4 is 0 Å². The number of thiazole rings is 1. The minimum atomic E-state index is -0.138. The Morgan fingerprint density at radius 3 is 2.52 bits per heavy atom. The summed E-state index contributed by atoms with van der Waals surface area (Å²) in [6.45, 7) is 0.457.